The van der Waals surface area contributed by atoms with Crippen LogP contribution in [0.2, 0.25) is 0 Å². The quantitative estimate of drug-likeness (QED) is 0.781. The van der Waals surface area contributed by atoms with Gasteiger partial charge in [0.1, 0.15) is 0 Å². The number of rotatable bonds is 4. The fourth-order valence-corrected chi connectivity index (χ4v) is 3.58. The van der Waals surface area contributed by atoms with Crippen molar-refractivity contribution in [1.29, 1.82) is 0 Å². The molecular weight excluding hydrogens is 236 g/mol. The third kappa shape index (κ3) is 4.20. The van der Waals surface area contributed by atoms with Crippen LogP contribution in [0.3, 0.4) is 0 Å². The van der Waals surface area contributed by atoms with Crippen LogP contribution < -0.4 is 0 Å². The summed E-state index contributed by atoms with van der Waals surface area (Å²) in [6, 6.07) is 0.527. The zero-order valence-corrected chi connectivity index (χ0v) is 12.7. The molecule has 2 aliphatic heterocycles. The second kappa shape index (κ2) is 7.28. The minimum atomic E-state index is 0.422. The summed E-state index contributed by atoms with van der Waals surface area (Å²) in [6.45, 7) is 5.64. The van der Waals surface area contributed by atoms with E-state index >= 15 is 0 Å². The van der Waals surface area contributed by atoms with Gasteiger partial charge in [0.25, 0.3) is 0 Å². The molecule has 2 saturated heterocycles. The first kappa shape index (κ1) is 14.8. The van der Waals surface area contributed by atoms with Crippen molar-refractivity contribution < 1.29 is 4.79 Å². The topological polar surface area (TPSA) is 23.6 Å². The molecule has 0 N–H and O–H groups in total. The van der Waals surface area contributed by atoms with Crippen molar-refractivity contribution >= 4 is 5.91 Å². The smallest absolute Gasteiger partial charge is 0.222 e. The third-order valence-electron chi connectivity index (χ3n) is 5.02. The largest absolute Gasteiger partial charge is 0.340 e. The van der Waals surface area contributed by atoms with Crippen molar-refractivity contribution in [2.24, 2.45) is 5.92 Å². The van der Waals surface area contributed by atoms with Crippen LogP contribution in [-0.2, 0) is 4.79 Å². The highest BCUT2D eigenvalue weighted by Crippen LogP contribution is 2.24. The maximum atomic E-state index is 12.4. The lowest BCUT2D eigenvalue weighted by atomic mass is 9.91. The standard InChI is InChI=1S/C16H30N2O/c1-3-15-6-4-5-11-18(15)16(19)8-7-14-9-12-17(2)13-10-14/h14-15H,3-13H2,1-2H3. The first-order chi connectivity index (χ1) is 9.20. The van der Waals surface area contributed by atoms with Gasteiger partial charge >= 0.3 is 0 Å². The Morgan fingerprint density at radius 2 is 1.84 bits per heavy atom. The van der Waals surface area contributed by atoms with Crippen LogP contribution in [0.25, 0.3) is 0 Å². The van der Waals surface area contributed by atoms with Gasteiger partial charge in [0.05, 0.1) is 0 Å². The number of likely N-dealkylation sites (tertiary alicyclic amines) is 2. The molecule has 2 aliphatic rings. The van der Waals surface area contributed by atoms with Crippen LogP contribution >= 0.6 is 0 Å². The summed E-state index contributed by atoms with van der Waals surface area (Å²) in [4.78, 5) is 17.0. The van der Waals surface area contributed by atoms with Crippen LogP contribution in [0.1, 0.15) is 58.3 Å². The van der Waals surface area contributed by atoms with Crippen LogP contribution in [-0.4, -0.2) is 48.4 Å². The molecule has 2 heterocycles. The molecule has 0 spiro atoms. The maximum absolute atomic E-state index is 12.4. The summed E-state index contributed by atoms with van der Waals surface area (Å²) in [5, 5.41) is 0. The summed E-state index contributed by atoms with van der Waals surface area (Å²) in [7, 11) is 2.20. The summed E-state index contributed by atoms with van der Waals surface area (Å²) in [5.74, 6) is 1.20. The van der Waals surface area contributed by atoms with E-state index < -0.39 is 0 Å². The molecule has 0 radical (unpaired) electrons. The molecule has 0 aliphatic carbocycles. The number of hydrogen-bond acceptors (Lipinski definition) is 2. The van der Waals surface area contributed by atoms with Gasteiger partial charge in [-0.15, -0.1) is 0 Å². The van der Waals surface area contributed by atoms with Crippen molar-refractivity contribution in [3.8, 4) is 0 Å². The van der Waals surface area contributed by atoms with E-state index in [-0.39, 0.29) is 0 Å². The molecule has 0 aromatic carbocycles. The highest BCUT2D eigenvalue weighted by molar-refractivity contribution is 5.76. The zero-order valence-electron chi connectivity index (χ0n) is 12.7. The van der Waals surface area contributed by atoms with Crippen LogP contribution in [0.4, 0.5) is 0 Å². The second-order valence-electron chi connectivity index (χ2n) is 6.43. The Hall–Kier alpha value is -0.570. The van der Waals surface area contributed by atoms with Crippen molar-refractivity contribution in [3.63, 3.8) is 0 Å². The lowest BCUT2D eigenvalue weighted by Crippen LogP contribution is -2.43. The van der Waals surface area contributed by atoms with Gasteiger partial charge in [0.2, 0.25) is 5.91 Å². The highest BCUT2D eigenvalue weighted by Gasteiger charge is 2.26. The van der Waals surface area contributed by atoms with Gasteiger partial charge in [-0.3, -0.25) is 4.79 Å². The molecule has 19 heavy (non-hydrogen) atoms. The molecule has 1 atom stereocenters. The molecule has 1 amide bonds. The summed E-state index contributed by atoms with van der Waals surface area (Å²) < 4.78 is 0. The third-order valence-corrected chi connectivity index (χ3v) is 5.02. The van der Waals surface area contributed by atoms with Crippen molar-refractivity contribution in [2.75, 3.05) is 26.7 Å². The van der Waals surface area contributed by atoms with E-state index in [0.29, 0.717) is 11.9 Å². The Morgan fingerprint density at radius 1 is 1.11 bits per heavy atom. The number of hydrogen-bond donors (Lipinski definition) is 0. The summed E-state index contributed by atoms with van der Waals surface area (Å²) in [5.41, 5.74) is 0. The van der Waals surface area contributed by atoms with Crippen molar-refractivity contribution in [1.82, 2.24) is 9.80 Å². The minimum absolute atomic E-state index is 0.422. The monoisotopic (exact) mass is 266 g/mol. The van der Waals surface area contributed by atoms with E-state index in [1.54, 1.807) is 0 Å². The van der Waals surface area contributed by atoms with E-state index in [0.717, 1.165) is 31.7 Å². The van der Waals surface area contributed by atoms with E-state index in [9.17, 15) is 4.79 Å². The maximum Gasteiger partial charge on any atom is 0.222 e. The molecule has 0 bridgehead atoms. The summed E-state index contributed by atoms with van der Waals surface area (Å²) >= 11 is 0. The SMILES string of the molecule is CCC1CCCCN1C(=O)CCC1CCN(C)CC1. The zero-order chi connectivity index (χ0) is 13.7. The first-order valence-corrected chi connectivity index (χ1v) is 8.18. The molecule has 0 aromatic rings. The fourth-order valence-electron chi connectivity index (χ4n) is 3.58. The van der Waals surface area contributed by atoms with E-state index in [4.69, 9.17) is 0 Å². The lowest BCUT2D eigenvalue weighted by molar-refractivity contribution is -0.135. The van der Waals surface area contributed by atoms with Crippen LogP contribution in [0, 0.1) is 5.92 Å². The molecule has 2 rings (SSSR count). The van der Waals surface area contributed by atoms with Gasteiger partial charge in [0, 0.05) is 19.0 Å². The van der Waals surface area contributed by atoms with E-state index in [1.165, 1.54) is 45.2 Å². The van der Waals surface area contributed by atoms with Crippen LogP contribution in [0.15, 0.2) is 0 Å². The number of carbonyl (C=O) groups excluding carboxylic acids is 1. The number of nitrogens with zero attached hydrogens (tertiary/aromatic N) is 2. The Balaban J connectivity index is 1.74. The van der Waals surface area contributed by atoms with Gasteiger partial charge in [-0.25, -0.2) is 0 Å². The predicted octanol–water partition coefficient (Wildman–Crippen LogP) is 2.90. The Morgan fingerprint density at radius 3 is 2.53 bits per heavy atom. The van der Waals surface area contributed by atoms with Gasteiger partial charge in [0.15, 0.2) is 0 Å². The Kier molecular flexibility index (Phi) is 5.68. The predicted molar refractivity (Wildman–Crippen MR) is 79.1 cm³/mol. The number of piperidine rings is 2. The molecule has 2 fully saturated rings. The Labute approximate surface area is 118 Å². The Bertz CT molecular complexity index is 284. The van der Waals surface area contributed by atoms with Gasteiger partial charge < -0.3 is 9.80 Å². The average molecular weight is 266 g/mol. The first-order valence-electron chi connectivity index (χ1n) is 8.18. The van der Waals surface area contributed by atoms with Crippen molar-refractivity contribution in [3.05, 3.63) is 0 Å². The number of amides is 1. The normalized spacial score (nSPS) is 26.6. The van der Waals surface area contributed by atoms with Gasteiger partial charge in [-0.05, 0) is 71.0 Å². The van der Waals surface area contributed by atoms with E-state index in [1.807, 2.05) is 0 Å². The van der Waals surface area contributed by atoms with Gasteiger partial charge in [-0.2, -0.15) is 0 Å². The lowest BCUT2D eigenvalue weighted by Gasteiger charge is -2.36. The average Bonchev–Trinajstić information content (AvgIpc) is 2.46. The van der Waals surface area contributed by atoms with Crippen molar-refractivity contribution in [2.45, 2.75) is 64.3 Å². The second-order valence-corrected chi connectivity index (χ2v) is 6.43. The van der Waals surface area contributed by atoms with Gasteiger partial charge in [-0.1, -0.05) is 6.92 Å². The fraction of sp³-hybridized carbons (Fsp3) is 0.938. The highest BCUT2D eigenvalue weighted by atomic mass is 16.2. The molecule has 110 valence electrons. The molecular formula is C16H30N2O. The van der Waals surface area contributed by atoms with E-state index in [2.05, 4.69) is 23.8 Å². The number of carbonyl (C=O) groups is 1. The summed E-state index contributed by atoms with van der Waals surface area (Å²) in [6.07, 6.45) is 9.30. The molecule has 1 unspecified atom stereocenters. The molecule has 3 heteroatoms. The minimum Gasteiger partial charge on any atom is -0.340 e. The molecule has 0 saturated carbocycles. The molecule has 3 nitrogen and oxygen atoms in total. The molecule has 0 aromatic heterocycles. The van der Waals surface area contributed by atoms with Crippen LogP contribution in [0.5, 0.6) is 0 Å².